The number of carbonyl (C=O) groups is 1. The molecule has 1 atom stereocenters. The van der Waals surface area contributed by atoms with Crippen molar-refractivity contribution in [2.24, 2.45) is 5.73 Å². The van der Waals surface area contributed by atoms with E-state index in [2.05, 4.69) is 23.7 Å². The van der Waals surface area contributed by atoms with Gasteiger partial charge in [0.15, 0.2) is 0 Å². The lowest BCUT2D eigenvalue weighted by molar-refractivity contribution is -0.125. The van der Waals surface area contributed by atoms with E-state index >= 15 is 0 Å². The van der Waals surface area contributed by atoms with Gasteiger partial charge in [0.1, 0.15) is 6.61 Å². The number of hydrogen-bond acceptors (Lipinski definition) is 4. The summed E-state index contributed by atoms with van der Waals surface area (Å²) >= 11 is 1.71. The zero-order chi connectivity index (χ0) is 12.3. The zero-order valence-electron chi connectivity index (χ0n) is 9.47. The second-order valence-corrected chi connectivity index (χ2v) is 4.90. The van der Waals surface area contributed by atoms with E-state index < -0.39 is 5.91 Å². The van der Waals surface area contributed by atoms with E-state index in [0.717, 1.165) is 4.88 Å². The van der Waals surface area contributed by atoms with Crippen molar-refractivity contribution < 1.29 is 9.63 Å². The lowest BCUT2D eigenvalue weighted by atomic mass is 10.2. The maximum absolute atomic E-state index is 10.5. The molecular formula is C12H14N2O2S. The summed E-state index contributed by atoms with van der Waals surface area (Å²) in [6.45, 7) is 1.86. The van der Waals surface area contributed by atoms with Gasteiger partial charge in [0.25, 0.3) is 0 Å². The summed E-state index contributed by atoms with van der Waals surface area (Å²) < 4.78 is 1.24. The van der Waals surface area contributed by atoms with Crippen LogP contribution in [-0.4, -0.2) is 12.5 Å². The number of nitrogens with two attached hydrogens (primary N) is 1. The Balaban J connectivity index is 2.03. The smallest absolute Gasteiger partial charge is 0.245 e. The maximum atomic E-state index is 10.5. The molecule has 1 heterocycles. The summed E-state index contributed by atoms with van der Waals surface area (Å²) in [6.07, 6.45) is 0. The van der Waals surface area contributed by atoms with Gasteiger partial charge in [-0.05, 0) is 24.4 Å². The molecule has 0 fully saturated rings. The minimum Gasteiger partial charge on any atom is -0.368 e. The summed E-state index contributed by atoms with van der Waals surface area (Å²) in [7, 11) is 0. The van der Waals surface area contributed by atoms with Crippen molar-refractivity contribution in [2.45, 2.75) is 13.0 Å². The first-order valence-corrected chi connectivity index (χ1v) is 6.12. The van der Waals surface area contributed by atoms with Gasteiger partial charge in [-0.15, -0.1) is 11.3 Å². The molecule has 1 aromatic carbocycles. The Labute approximate surface area is 103 Å². The molecule has 1 aromatic heterocycles. The molecule has 4 nitrogen and oxygen atoms in total. The van der Waals surface area contributed by atoms with Crippen molar-refractivity contribution in [3.05, 3.63) is 35.2 Å². The molecule has 3 N–H and O–H groups in total. The second-order valence-electron chi connectivity index (χ2n) is 3.78. The number of carbonyl (C=O) groups excluding carboxylic acids is 1. The first kappa shape index (κ1) is 12.0. The number of rotatable bonds is 5. The van der Waals surface area contributed by atoms with Crippen LogP contribution in [0.15, 0.2) is 30.3 Å². The van der Waals surface area contributed by atoms with Crippen LogP contribution in [0, 0.1) is 0 Å². The van der Waals surface area contributed by atoms with Gasteiger partial charge >= 0.3 is 0 Å². The monoisotopic (exact) mass is 250 g/mol. The fourth-order valence-corrected chi connectivity index (χ4v) is 2.57. The Morgan fingerprint density at radius 2 is 2.29 bits per heavy atom. The predicted molar refractivity (Wildman–Crippen MR) is 68.5 cm³/mol. The number of hydrogen-bond donors (Lipinski definition) is 2. The van der Waals surface area contributed by atoms with Crippen molar-refractivity contribution in [1.82, 2.24) is 5.48 Å². The fraction of sp³-hybridized carbons (Fsp3) is 0.250. The summed E-state index contributed by atoms with van der Waals surface area (Å²) in [5.41, 5.74) is 7.78. The number of thiophene rings is 1. The summed E-state index contributed by atoms with van der Waals surface area (Å²) in [4.78, 5) is 16.7. The van der Waals surface area contributed by atoms with Crippen LogP contribution in [-0.2, 0) is 9.63 Å². The van der Waals surface area contributed by atoms with E-state index in [0.29, 0.717) is 0 Å². The van der Waals surface area contributed by atoms with Crippen molar-refractivity contribution in [3.63, 3.8) is 0 Å². The van der Waals surface area contributed by atoms with E-state index in [-0.39, 0.29) is 12.6 Å². The number of primary amides is 1. The van der Waals surface area contributed by atoms with Crippen LogP contribution in [0.1, 0.15) is 17.8 Å². The lowest BCUT2D eigenvalue weighted by Gasteiger charge is -2.10. The van der Waals surface area contributed by atoms with Crippen molar-refractivity contribution in [1.29, 1.82) is 0 Å². The number of nitrogens with one attached hydrogen (secondary N) is 1. The number of benzene rings is 1. The van der Waals surface area contributed by atoms with Crippen LogP contribution < -0.4 is 11.2 Å². The quantitative estimate of drug-likeness (QED) is 0.797. The number of fused-ring (bicyclic) bond motifs is 1. The molecule has 0 radical (unpaired) electrons. The molecule has 2 aromatic rings. The van der Waals surface area contributed by atoms with Gasteiger partial charge < -0.3 is 5.73 Å². The minimum absolute atomic E-state index is 0.0340. The Morgan fingerprint density at radius 3 is 3.00 bits per heavy atom. The Morgan fingerprint density at radius 1 is 1.53 bits per heavy atom. The van der Waals surface area contributed by atoms with Crippen LogP contribution in [0.2, 0.25) is 0 Å². The standard InChI is InChI=1S/C12H14N2O2S/c1-8(14-16-7-12(13)15)11-6-9-4-2-3-5-10(9)17-11/h2-6,8,14H,7H2,1H3,(H2,13,15). The number of amides is 1. The molecular weight excluding hydrogens is 236 g/mol. The molecule has 0 bridgehead atoms. The zero-order valence-corrected chi connectivity index (χ0v) is 10.3. The van der Waals surface area contributed by atoms with Crippen molar-refractivity contribution in [2.75, 3.05) is 6.61 Å². The van der Waals surface area contributed by atoms with Gasteiger partial charge in [-0.1, -0.05) is 18.2 Å². The lowest BCUT2D eigenvalue weighted by Crippen LogP contribution is -2.26. The maximum Gasteiger partial charge on any atom is 0.245 e. The SMILES string of the molecule is CC(NOCC(N)=O)c1cc2ccccc2s1. The van der Waals surface area contributed by atoms with Crippen LogP contribution in [0.25, 0.3) is 10.1 Å². The van der Waals surface area contributed by atoms with Gasteiger partial charge in [-0.3, -0.25) is 9.63 Å². The van der Waals surface area contributed by atoms with E-state index in [1.165, 1.54) is 10.1 Å². The molecule has 90 valence electrons. The highest BCUT2D eigenvalue weighted by molar-refractivity contribution is 7.19. The van der Waals surface area contributed by atoms with E-state index in [9.17, 15) is 4.79 Å². The highest BCUT2D eigenvalue weighted by atomic mass is 32.1. The van der Waals surface area contributed by atoms with Gasteiger partial charge in [-0.2, -0.15) is 5.48 Å². The van der Waals surface area contributed by atoms with Gasteiger partial charge in [0.05, 0.1) is 6.04 Å². The van der Waals surface area contributed by atoms with Gasteiger partial charge in [0.2, 0.25) is 5.91 Å². The summed E-state index contributed by atoms with van der Waals surface area (Å²) in [5.74, 6) is -0.485. The van der Waals surface area contributed by atoms with Crippen LogP contribution in [0.4, 0.5) is 0 Å². The molecule has 2 rings (SSSR count). The molecule has 0 aliphatic carbocycles. The van der Waals surface area contributed by atoms with E-state index in [4.69, 9.17) is 10.6 Å². The average Bonchev–Trinajstić information content (AvgIpc) is 2.71. The average molecular weight is 250 g/mol. The van der Waals surface area contributed by atoms with Crippen LogP contribution >= 0.6 is 11.3 Å². The molecule has 0 aliphatic heterocycles. The molecule has 0 saturated heterocycles. The molecule has 17 heavy (non-hydrogen) atoms. The number of hydroxylamine groups is 1. The highest BCUT2D eigenvalue weighted by Crippen LogP contribution is 2.29. The van der Waals surface area contributed by atoms with Gasteiger partial charge in [0, 0.05) is 9.58 Å². The Hall–Kier alpha value is -1.43. The van der Waals surface area contributed by atoms with Crippen molar-refractivity contribution in [3.8, 4) is 0 Å². The first-order chi connectivity index (χ1) is 8.16. The van der Waals surface area contributed by atoms with E-state index in [1.54, 1.807) is 11.3 Å². The first-order valence-electron chi connectivity index (χ1n) is 5.31. The molecule has 1 amide bonds. The highest BCUT2D eigenvalue weighted by Gasteiger charge is 2.09. The summed E-state index contributed by atoms with van der Waals surface area (Å²) in [6, 6.07) is 10.3. The summed E-state index contributed by atoms with van der Waals surface area (Å²) in [5, 5.41) is 1.22. The predicted octanol–water partition coefficient (Wildman–Crippen LogP) is 1.97. The third-order valence-electron chi connectivity index (χ3n) is 2.35. The third-order valence-corrected chi connectivity index (χ3v) is 3.64. The second kappa shape index (κ2) is 5.27. The molecule has 0 aliphatic rings. The van der Waals surface area contributed by atoms with E-state index in [1.807, 2.05) is 19.1 Å². The fourth-order valence-electron chi connectivity index (χ4n) is 1.51. The molecule has 1 unspecified atom stereocenters. The van der Waals surface area contributed by atoms with Crippen LogP contribution in [0.5, 0.6) is 0 Å². The Bertz CT molecular complexity index is 491. The van der Waals surface area contributed by atoms with Crippen LogP contribution in [0.3, 0.4) is 0 Å². The Kier molecular flexibility index (Phi) is 3.73. The van der Waals surface area contributed by atoms with Crippen molar-refractivity contribution >= 4 is 27.3 Å². The topological polar surface area (TPSA) is 64.3 Å². The minimum atomic E-state index is -0.485. The third kappa shape index (κ3) is 3.03. The molecule has 5 heteroatoms. The molecule has 0 saturated carbocycles. The molecule has 0 spiro atoms. The normalized spacial score (nSPS) is 12.8. The largest absolute Gasteiger partial charge is 0.368 e. The van der Waals surface area contributed by atoms with Gasteiger partial charge in [-0.25, -0.2) is 0 Å².